The van der Waals surface area contributed by atoms with Crippen molar-refractivity contribution in [2.24, 2.45) is 11.7 Å². The molecule has 2 saturated heterocycles. The van der Waals surface area contributed by atoms with Crippen molar-refractivity contribution < 1.29 is 9.53 Å². The molecule has 0 aromatic heterocycles. The van der Waals surface area contributed by atoms with E-state index < -0.39 is 6.09 Å². The Kier molecular flexibility index (Phi) is 4.62. The number of likely N-dealkylation sites (tertiary alicyclic amines) is 1. The van der Waals surface area contributed by atoms with Crippen LogP contribution in [0.3, 0.4) is 0 Å². The summed E-state index contributed by atoms with van der Waals surface area (Å²) in [7, 11) is 0. The van der Waals surface area contributed by atoms with Gasteiger partial charge in [-0.3, -0.25) is 0 Å². The van der Waals surface area contributed by atoms with E-state index >= 15 is 0 Å². The minimum absolute atomic E-state index is 0.0387. The average molecular weight is 241 g/mol. The van der Waals surface area contributed by atoms with E-state index in [0.29, 0.717) is 0 Å². The van der Waals surface area contributed by atoms with E-state index in [1.807, 2.05) is 0 Å². The van der Waals surface area contributed by atoms with Gasteiger partial charge < -0.3 is 20.7 Å². The molecular formula is C12H23N3O2. The van der Waals surface area contributed by atoms with E-state index in [9.17, 15) is 4.79 Å². The molecule has 0 bridgehead atoms. The van der Waals surface area contributed by atoms with Crippen LogP contribution in [0.5, 0.6) is 0 Å². The lowest BCUT2D eigenvalue weighted by Gasteiger charge is -2.34. The molecule has 0 saturated carbocycles. The van der Waals surface area contributed by atoms with Gasteiger partial charge in [-0.2, -0.15) is 0 Å². The second-order valence-electron chi connectivity index (χ2n) is 5.13. The summed E-state index contributed by atoms with van der Waals surface area (Å²) >= 11 is 0. The molecule has 0 radical (unpaired) electrons. The molecule has 0 aliphatic carbocycles. The number of amides is 1. The number of piperidine rings is 2. The van der Waals surface area contributed by atoms with Crippen molar-refractivity contribution >= 4 is 6.09 Å². The minimum atomic E-state index is -0.637. The Labute approximate surface area is 103 Å². The molecule has 0 aromatic carbocycles. The SMILES string of the molecule is NC(=O)OC1CCN(CC2CCNCC2)CC1. The summed E-state index contributed by atoms with van der Waals surface area (Å²) in [5.41, 5.74) is 5.03. The molecule has 2 rings (SSSR count). The summed E-state index contributed by atoms with van der Waals surface area (Å²) in [5.74, 6) is 0.838. The van der Waals surface area contributed by atoms with Crippen molar-refractivity contribution in [3.63, 3.8) is 0 Å². The number of rotatable bonds is 3. The minimum Gasteiger partial charge on any atom is -0.446 e. The van der Waals surface area contributed by atoms with Crippen LogP contribution >= 0.6 is 0 Å². The number of hydrogen-bond acceptors (Lipinski definition) is 4. The van der Waals surface area contributed by atoms with Crippen LogP contribution < -0.4 is 11.1 Å². The van der Waals surface area contributed by atoms with Crippen LogP contribution in [-0.2, 0) is 4.74 Å². The predicted octanol–water partition coefficient (Wildman–Crippen LogP) is 0.546. The van der Waals surface area contributed by atoms with Gasteiger partial charge in [0, 0.05) is 19.6 Å². The van der Waals surface area contributed by atoms with E-state index in [1.54, 1.807) is 0 Å². The van der Waals surface area contributed by atoms with Gasteiger partial charge in [-0.1, -0.05) is 0 Å². The topological polar surface area (TPSA) is 67.6 Å². The Bertz CT molecular complexity index is 246. The maximum atomic E-state index is 10.6. The highest BCUT2D eigenvalue weighted by atomic mass is 16.6. The van der Waals surface area contributed by atoms with Crippen molar-refractivity contribution in [3.05, 3.63) is 0 Å². The zero-order chi connectivity index (χ0) is 12.1. The summed E-state index contributed by atoms with van der Waals surface area (Å²) < 4.78 is 5.03. The van der Waals surface area contributed by atoms with Crippen molar-refractivity contribution in [2.45, 2.75) is 31.8 Å². The van der Waals surface area contributed by atoms with Gasteiger partial charge in [0.15, 0.2) is 0 Å². The molecular weight excluding hydrogens is 218 g/mol. The summed E-state index contributed by atoms with van der Waals surface area (Å²) in [6, 6.07) is 0. The van der Waals surface area contributed by atoms with Gasteiger partial charge >= 0.3 is 6.09 Å². The Morgan fingerprint density at radius 2 is 1.88 bits per heavy atom. The van der Waals surface area contributed by atoms with Crippen LogP contribution in [-0.4, -0.2) is 49.8 Å². The molecule has 98 valence electrons. The quantitative estimate of drug-likeness (QED) is 0.757. The second kappa shape index (κ2) is 6.21. The number of nitrogens with one attached hydrogen (secondary N) is 1. The third-order valence-corrected chi connectivity index (χ3v) is 3.79. The van der Waals surface area contributed by atoms with E-state index in [0.717, 1.165) is 44.9 Å². The average Bonchev–Trinajstić information content (AvgIpc) is 2.32. The molecule has 0 aromatic rings. The van der Waals surface area contributed by atoms with Crippen LogP contribution in [0.2, 0.25) is 0 Å². The maximum absolute atomic E-state index is 10.6. The van der Waals surface area contributed by atoms with Gasteiger partial charge in [-0.15, -0.1) is 0 Å². The van der Waals surface area contributed by atoms with Crippen LogP contribution in [0.4, 0.5) is 4.79 Å². The third-order valence-electron chi connectivity index (χ3n) is 3.79. The number of nitrogens with two attached hydrogens (primary N) is 1. The largest absolute Gasteiger partial charge is 0.446 e. The van der Waals surface area contributed by atoms with Crippen LogP contribution in [0.1, 0.15) is 25.7 Å². The fourth-order valence-corrected chi connectivity index (χ4v) is 2.80. The first-order valence-electron chi connectivity index (χ1n) is 6.63. The monoisotopic (exact) mass is 241 g/mol. The molecule has 2 fully saturated rings. The van der Waals surface area contributed by atoms with E-state index in [-0.39, 0.29) is 6.10 Å². The fraction of sp³-hybridized carbons (Fsp3) is 0.917. The van der Waals surface area contributed by atoms with Crippen LogP contribution in [0.25, 0.3) is 0 Å². The van der Waals surface area contributed by atoms with Crippen molar-refractivity contribution in [1.82, 2.24) is 10.2 Å². The Morgan fingerprint density at radius 1 is 1.24 bits per heavy atom. The van der Waals surface area contributed by atoms with Crippen molar-refractivity contribution in [1.29, 1.82) is 0 Å². The number of nitrogens with zero attached hydrogens (tertiary/aromatic N) is 1. The highest BCUT2D eigenvalue weighted by Gasteiger charge is 2.24. The van der Waals surface area contributed by atoms with Gasteiger partial charge in [-0.25, -0.2) is 4.79 Å². The lowest BCUT2D eigenvalue weighted by molar-refractivity contribution is 0.0499. The number of hydrogen-bond donors (Lipinski definition) is 2. The first-order valence-corrected chi connectivity index (χ1v) is 6.63. The molecule has 2 aliphatic rings. The third kappa shape index (κ3) is 4.16. The molecule has 5 heteroatoms. The fourth-order valence-electron chi connectivity index (χ4n) is 2.80. The van der Waals surface area contributed by atoms with Crippen LogP contribution in [0.15, 0.2) is 0 Å². The molecule has 0 unspecified atom stereocenters. The molecule has 2 aliphatic heterocycles. The lowest BCUT2D eigenvalue weighted by Crippen LogP contribution is -2.42. The second-order valence-corrected chi connectivity index (χ2v) is 5.13. The van der Waals surface area contributed by atoms with Gasteiger partial charge in [-0.05, 0) is 44.7 Å². The normalized spacial score (nSPS) is 24.7. The summed E-state index contributed by atoms with van der Waals surface area (Å²) in [6.45, 7) is 5.58. The molecule has 17 heavy (non-hydrogen) atoms. The van der Waals surface area contributed by atoms with Crippen molar-refractivity contribution in [2.75, 3.05) is 32.7 Å². The Hall–Kier alpha value is -0.810. The zero-order valence-electron chi connectivity index (χ0n) is 10.4. The number of ether oxygens (including phenoxy) is 1. The van der Waals surface area contributed by atoms with Crippen LogP contribution in [0, 0.1) is 5.92 Å². The molecule has 0 atom stereocenters. The number of carbonyl (C=O) groups is 1. The van der Waals surface area contributed by atoms with E-state index in [2.05, 4.69) is 10.2 Å². The van der Waals surface area contributed by atoms with Crippen molar-refractivity contribution in [3.8, 4) is 0 Å². The lowest BCUT2D eigenvalue weighted by atomic mass is 9.96. The van der Waals surface area contributed by atoms with Gasteiger partial charge in [0.1, 0.15) is 6.10 Å². The summed E-state index contributed by atoms with van der Waals surface area (Å²) in [5, 5.41) is 3.39. The molecule has 1 amide bonds. The summed E-state index contributed by atoms with van der Waals surface area (Å²) in [6.07, 6.45) is 3.83. The molecule has 3 N–H and O–H groups in total. The van der Waals surface area contributed by atoms with Gasteiger partial charge in [0.2, 0.25) is 0 Å². The number of carbonyl (C=O) groups excluding carboxylic acids is 1. The summed E-state index contributed by atoms with van der Waals surface area (Å²) in [4.78, 5) is 13.1. The standard InChI is InChI=1S/C12H23N3O2/c13-12(16)17-11-3-7-15(8-4-11)9-10-1-5-14-6-2-10/h10-11,14H,1-9H2,(H2,13,16). The van der Waals surface area contributed by atoms with E-state index in [4.69, 9.17) is 10.5 Å². The Morgan fingerprint density at radius 3 is 2.47 bits per heavy atom. The highest BCUT2D eigenvalue weighted by molar-refractivity contribution is 5.64. The van der Waals surface area contributed by atoms with Gasteiger partial charge in [0.05, 0.1) is 0 Å². The Balaban J connectivity index is 1.66. The first-order chi connectivity index (χ1) is 8.24. The first kappa shape index (κ1) is 12.6. The molecule has 2 heterocycles. The van der Waals surface area contributed by atoms with E-state index in [1.165, 1.54) is 19.4 Å². The molecule has 5 nitrogen and oxygen atoms in total. The zero-order valence-corrected chi connectivity index (χ0v) is 10.4. The molecule has 0 spiro atoms. The highest BCUT2D eigenvalue weighted by Crippen LogP contribution is 2.18. The predicted molar refractivity (Wildman–Crippen MR) is 65.7 cm³/mol. The smallest absolute Gasteiger partial charge is 0.404 e. The maximum Gasteiger partial charge on any atom is 0.404 e. The number of primary amides is 1. The van der Waals surface area contributed by atoms with Gasteiger partial charge in [0.25, 0.3) is 0 Å².